The highest BCUT2D eigenvalue weighted by Crippen LogP contribution is 2.27. The molecular weight excluding hydrogens is 330 g/mol. The molecule has 1 aromatic carbocycles. The molecule has 0 bridgehead atoms. The van der Waals surface area contributed by atoms with Crippen LogP contribution in [0.4, 0.5) is 11.6 Å². The topological polar surface area (TPSA) is 75.7 Å². The number of benzene rings is 1. The summed E-state index contributed by atoms with van der Waals surface area (Å²) in [6.07, 6.45) is 1.66. The van der Waals surface area contributed by atoms with E-state index in [0.29, 0.717) is 18.0 Å². The zero-order valence-corrected chi connectivity index (χ0v) is 15.0. The van der Waals surface area contributed by atoms with Crippen LogP contribution >= 0.6 is 0 Å². The van der Waals surface area contributed by atoms with Gasteiger partial charge in [0.1, 0.15) is 0 Å². The number of anilines is 1. The van der Waals surface area contributed by atoms with E-state index in [0.717, 1.165) is 13.1 Å². The number of fused-ring (bicyclic) bond motifs is 1. The van der Waals surface area contributed by atoms with Crippen LogP contribution < -0.4 is 5.32 Å². The van der Waals surface area contributed by atoms with Crippen molar-refractivity contribution in [1.82, 2.24) is 14.3 Å². The van der Waals surface area contributed by atoms with Crippen LogP contribution in [0.5, 0.6) is 0 Å². The van der Waals surface area contributed by atoms with Crippen molar-refractivity contribution in [2.75, 3.05) is 25.0 Å². The smallest absolute Gasteiger partial charge is 0.361 e. The highest BCUT2D eigenvalue weighted by molar-refractivity contribution is 5.62. The Kier molecular flexibility index (Phi) is 5.48. The van der Waals surface area contributed by atoms with E-state index in [1.54, 1.807) is 18.3 Å². The highest BCUT2D eigenvalue weighted by Gasteiger charge is 2.24. The summed E-state index contributed by atoms with van der Waals surface area (Å²) in [7, 11) is 0. The number of imidazole rings is 1. The minimum Gasteiger partial charge on any atom is -0.361 e. The van der Waals surface area contributed by atoms with Gasteiger partial charge in [-0.1, -0.05) is 50.2 Å². The van der Waals surface area contributed by atoms with Crippen LogP contribution in [0.25, 0.3) is 5.65 Å². The van der Waals surface area contributed by atoms with Crippen molar-refractivity contribution in [2.45, 2.75) is 19.9 Å². The normalized spacial score (nSPS) is 12.4. The number of aromatic nitrogens is 2. The number of hydrogen-bond donors (Lipinski definition) is 1. The molecule has 0 aliphatic heterocycles. The van der Waals surface area contributed by atoms with Crippen LogP contribution in [0.15, 0.2) is 54.7 Å². The van der Waals surface area contributed by atoms with E-state index < -0.39 is 4.92 Å². The van der Waals surface area contributed by atoms with Gasteiger partial charge in [-0.25, -0.2) is 0 Å². The number of nitro groups is 1. The molecule has 0 saturated carbocycles. The van der Waals surface area contributed by atoms with E-state index >= 15 is 0 Å². The first kappa shape index (κ1) is 17.9. The second-order valence-corrected chi connectivity index (χ2v) is 6.00. The average Bonchev–Trinajstić information content (AvgIpc) is 3.04. The van der Waals surface area contributed by atoms with E-state index in [2.05, 4.69) is 41.2 Å². The van der Waals surface area contributed by atoms with Crippen LogP contribution in [0.1, 0.15) is 25.5 Å². The van der Waals surface area contributed by atoms with E-state index in [9.17, 15) is 10.1 Å². The fraction of sp³-hybridized carbons (Fsp3) is 0.316. The first-order valence-corrected chi connectivity index (χ1v) is 8.80. The summed E-state index contributed by atoms with van der Waals surface area (Å²) in [5.41, 5.74) is 1.73. The number of rotatable bonds is 8. The predicted molar refractivity (Wildman–Crippen MR) is 102 cm³/mol. The fourth-order valence-electron chi connectivity index (χ4n) is 3.27. The molecule has 0 spiro atoms. The lowest BCUT2D eigenvalue weighted by molar-refractivity contribution is -0.389. The minimum absolute atomic E-state index is 0.0352. The molecule has 26 heavy (non-hydrogen) atoms. The molecule has 136 valence electrons. The molecule has 0 fully saturated rings. The van der Waals surface area contributed by atoms with Gasteiger partial charge in [0.25, 0.3) is 0 Å². The Hall–Kier alpha value is -2.93. The Bertz CT molecular complexity index is 874. The Balaban J connectivity index is 1.91. The van der Waals surface area contributed by atoms with Crippen molar-refractivity contribution < 1.29 is 4.92 Å². The molecule has 1 atom stereocenters. The fourth-order valence-corrected chi connectivity index (χ4v) is 3.27. The lowest BCUT2D eigenvalue weighted by Gasteiger charge is -2.30. The van der Waals surface area contributed by atoms with Crippen LogP contribution in [0, 0.1) is 10.1 Å². The summed E-state index contributed by atoms with van der Waals surface area (Å²) in [6, 6.07) is 15.6. The Morgan fingerprint density at radius 3 is 2.50 bits per heavy atom. The molecule has 1 N–H and O–H groups in total. The zero-order chi connectivity index (χ0) is 18.5. The van der Waals surface area contributed by atoms with Crippen LogP contribution in [0.2, 0.25) is 0 Å². The summed E-state index contributed by atoms with van der Waals surface area (Å²) in [5, 5.41) is 14.8. The largest absolute Gasteiger partial charge is 0.372 e. The Morgan fingerprint density at radius 1 is 1.15 bits per heavy atom. The Labute approximate surface area is 152 Å². The molecule has 3 rings (SSSR count). The van der Waals surface area contributed by atoms with Gasteiger partial charge in [-0.05, 0) is 29.6 Å². The molecule has 0 amide bonds. The number of nitrogens with zero attached hydrogens (tertiary/aromatic N) is 4. The molecule has 2 aromatic heterocycles. The second-order valence-electron chi connectivity index (χ2n) is 6.00. The standard InChI is InChI=1S/C19H23N5O2/c1-3-22(4-2)16(15-10-6-5-7-11-15)14-20-18-19(24(25)26)23-13-9-8-12-17(23)21-18/h5-13,16,20H,3-4,14H2,1-2H3/t16-/m1/s1. The molecular formula is C19H23N5O2. The molecule has 0 unspecified atom stereocenters. The van der Waals surface area contributed by atoms with Crippen molar-refractivity contribution in [3.8, 4) is 0 Å². The number of pyridine rings is 1. The number of hydrogen-bond acceptors (Lipinski definition) is 5. The minimum atomic E-state index is -0.392. The third-order valence-corrected chi connectivity index (χ3v) is 4.58. The van der Waals surface area contributed by atoms with Gasteiger partial charge in [0.05, 0.1) is 12.2 Å². The van der Waals surface area contributed by atoms with E-state index in [-0.39, 0.29) is 11.9 Å². The predicted octanol–water partition coefficient (Wildman–Crippen LogP) is 3.74. The molecule has 3 aromatic rings. The molecule has 7 heteroatoms. The molecule has 0 radical (unpaired) electrons. The Morgan fingerprint density at radius 2 is 1.85 bits per heavy atom. The van der Waals surface area contributed by atoms with Gasteiger partial charge < -0.3 is 15.4 Å². The third-order valence-electron chi connectivity index (χ3n) is 4.58. The summed E-state index contributed by atoms with van der Waals surface area (Å²) in [6.45, 7) is 6.56. The average molecular weight is 353 g/mol. The quantitative estimate of drug-likeness (QED) is 0.493. The van der Waals surface area contributed by atoms with E-state index in [4.69, 9.17) is 0 Å². The van der Waals surface area contributed by atoms with Crippen molar-refractivity contribution >= 4 is 17.3 Å². The maximum atomic E-state index is 11.6. The van der Waals surface area contributed by atoms with Gasteiger partial charge in [-0.3, -0.25) is 4.90 Å². The van der Waals surface area contributed by atoms with Crippen molar-refractivity contribution in [2.24, 2.45) is 0 Å². The maximum Gasteiger partial charge on any atom is 0.372 e. The first-order chi connectivity index (χ1) is 12.7. The van der Waals surface area contributed by atoms with Gasteiger partial charge in [0.2, 0.25) is 11.5 Å². The highest BCUT2D eigenvalue weighted by atomic mass is 16.6. The van der Waals surface area contributed by atoms with Gasteiger partial charge >= 0.3 is 5.82 Å². The van der Waals surface area contributed by atoms with E-state index in [1.807, 2.05) is 24.3 Å². The lowest BCUT2D eigenvalue weighted by atomic mass is 10.1. The molecule has 0 aliphatic rings. The molecule has 7 nitrogen and oxygen atoms in total. The summed E-state index contributed by atoms with van der Waals surface area (Å²) in [5.74, 6) is 0.265. The van der Waals surface area contributed by atoms with Crippen molar-refractivity contribution in [3.05, 3.63) is 70.4 Å². The monoisotopic (exact) mass is 353 g/mol. The van der Waals surface area contributed by atoms with Crippen molar-refractivity contribution in [1.29, 1.82) is 0 Å². The van der Waals surface area contributed by atoms with Crippen LogP contribution in [0.3, 0.4) is 0 Å². The van der Waals surface area contributed by atoms with Gasteiger partial charge in [-0.2, -0.15) is 9.38 Å². The number of nitrogens with one attached hydrogen (secondary N) is 1. The second kappa shape index (κ2) is 7.97. The van der Waals surface area contributed by atoms with Crippen LogP contribution in [-0.4, -0.2) is 38.8 Å². The van der Waals surface area contributed by atoms with Crippen molar-refractivity contribution in [3.63, 3.8) is 0 Å². The van der Waals surface area contributed by atoms with Gasteiger partial charge in [0.15, 0.2) is 0 Å². The third kappa shape index (κ3) is 3.52. The summed E-state index contributed by atoms with van der Waals surface area (Å²) < 4.78 is 1.50. The summed E-state index contributed by atoms with van der Waals surface area (Å²) >= 11 is 0. The zero-order valence-electron chi connectivity index (χ0n) is 15.0. The molecule has 0 aliphatic carbocycles. The van der Waals surface area contributed by atoms with Gasteiger partial charge in [0, 0.05) is 12.6 Å². The maximum absolute atomic E-state index is 11.6. The SMILES string of the molecule is CCN(CC)[C@H](CNc1nc2ccccn2c1[N+](=O)[O-])c1ccccc1. The lowest BCUT2D eigenvalue weighted by Crippen LogP contribution is -2.33. The van der Waals surface area contributed by atoms with Crippen LogP contribution in [-0.2, 0) is 0 Å². The van der Waals surface area contributed by atoms with Gasteiger partial charge in [-0.15, -0.1) is 0 Å². The molecule has 0 saturated heterocycles. The van der Waals surface area contributed by atoms with E-state index in [1.165, 1.54) is 9.96 Å². The first-order valence-electron chi connectivity index (χ1n) is 8.80. The molecule has 2 heterocycles. The summed E-state index contributed by atoms with van der Waals surface area (Å²) in [4.78, 5) is 17.9. The number of likely N-dealkylation sites (N-methyl/N-ethyl adjacent to an activating group) is 1.